The van der Waals surface area contributed by atoms with E-state index in [2.05, 4.69) is 15.6 Å². The molecule has 1 saturated heterocycles. The minimum atomic E-state index is -3.37. The number of rotatable bonds is 6. The standard InChI is InChI=1S/C16H26N4O2S2.HI/c1-17-16(19-12-14-5-4-10-23-14)18-11-13-6-8-15(9-7-13)24(21,22)20(2)3;/h6-9,14H,4-5,10-12H2,1-3H3,(H2,17,18,19);1H. The maximum absolute atomic E-state index is 12.0. The summed E-state index contributed by atoms with van der Waals surface area (Å²) < 4.78 is 25.3. The highest BCUT2D eigenvalue weighted by Gasteiger charge is 2.17. The average Bonchev–Trinajstić information content (AvgIpc) is 3.08. The van der Waals surface area contributed by atoms with Gasteiger partial charge in [-0.05, 0) is 36.3 Å². The zero-order valence-electron chi connectivity index (χ0n) is 14.9. The summed E-state index contributed by atoms with van der Waals surface area (Å²) in [5.74, 6) is 2.02. The first-order valence-electron chi connectivity index (χ1n) is 8.01. The Hall–Kier alpha value is -0.520. The van der Waals surface area contributed by atoms with Crippen LogP contribution in [0.15, 0.2) is 34.2 Å². The summed E-state index contributed by atoms with van der Waals surface area (Å²) in [6, 6.07) is 6.92. The molecule has 0 saturated carbocycles. The van der Waals surface area contributed by atoms with Crippen molar-refractivity contribution in [2.75, 3.05) is 33.4 Å². The lowest BCUT2D eigenvalue weighted by molar-refractivity contribution is 0.520. The number of hydrogen-bond donors (Lipinski definition) is 2. The van der Waals surface area contributed by atoms with E-state index in [0.717, 1.165) is 18.1 Å². The average molecular weight is 498 g/mol. The van der Waals surface area contributed by atoms with Crippen LogP contribution in [0.25, 0.3) is 0 Å². The second kappa shape index (κ2) is 10.6. The van der Waals surface area contributed by atoms with Gasteiger partial charge in [-0.25, -0.2) is 12.7 Å². The summed E-state index contributed by atoms with van der Waals surface area (Å²) in [7, 11) is 1.44. The Bertz CT molecular complexity index is 657. The van der Waals surface area contributed by atoms with Crippen LogP contribution in [0.2, 0.25) is 0 Å². The lowest BCUT2D eigenvalue weighted by Crippen LogP contribution is -2.39. The van der Waals surface area contributed by atoms with Crippen LogP contribution in [0, 0.1) is 0 Å². The second-order valence-corrected chi connectivity index (χ2v) is 9.43. The van der Waals surface area contributed by atoms with Crippen molar-refractivity contribution in [1.82, 2.24) is 14.9 Å². The van der Waals surface area contributed by atoms with E-state index in [1.807, 2.05) is 23.9 Å². The third kappa shape index (κ3) is 6.61. The van der Waals surface area contributed by atoms with Gasteiger partial charge in [-0.1, -0.05) is 12.1 Å². The van der Waals surface area contributed by atoms with Gasteiger partial charge in [0.25, 0.3) is 0 Å². The van der Waals surface area contributed by atoms with Gasteiger partial charge < -0.3 is 10.6 Å². The van der Waals surface area contributed by atoms with Gasteiger partial charge in [0.2, 0.25) is 10.0 Å². The van der Waals surface area contributed by atoms with Crippen LogP contribution >= 0.6 is 35.7 Å². The van der Waals surface area contributed by atoms with Crippen molar-refractivity contribution in [3.63, 3.8) is 0 Å². The fourth-order valence-corrected chi connectivity index (χ4v) is 4.52. The SMILES string of the molecule is CN=C(NCc1ccc(S(=O)(=O)N(C)C)cc1)NCC1CCCS1.I. The molecule has 1 heterocycles. The van der Waals surface area contributed by atoms with Crippen molar-refractivity contribution in [3.8, 4) is 0 Å². The van der Waals surface area contributed by atoms with Crippen LogP contribution in [-0.2, 0) is 16.6 Å². The Morgan fingerprint density at radius 3 is 2.48 bits per heavy atom. The number of hydrogen-bond acceptors (Lipinski definition) is 4. The van der Waals surface area contributed by atoms with Gasteiger partial charge in [0.05, 0.1) is 4.90 Å². The number of halogens is 1. The largest absolute Gasteiger partial charge is 0.355 e. The zero-order valence-corrected chi connectivity index (χ0v) is 18.8. The van der Waals surface area contributed by atoms with Gasteiger partial charge in [0.15, 0.2) is 5.96 Å². The van der Waals surface area contributed by atoms with Crippen LogP contribution in [0.1, 0.15) is 18.4 Å². The highest BCUT2D eigenvalue weighted by molar-refractivity contribution is 14.0. The summed E-state index contributed by atoms with van der Waals surface area (Å²) in [6.45, 7) is 1.52. The van der Waals surface area contributed by atoms with E-state index in [1.54, 1.807) is 19.2 Å². The lowest BCUT2D eigenvalue weighted by atomic mass is 10.2. The van der Waals surface area contributed by atoms with E-state index in [-0.39, 0.29) is 24.0 Å². The molecule has 0 aromatic heterocycles. The van der Waals surface area contributed by atoms with Crippen molar-refractivity contribution >= 4 is 51.7 Å². The van der Waals surface area contributed by atoms with Crippen molar-refractivity contribution in [1.29, 1.82) is 0 Å². The molecule has 1 aromatic carbocycles. The molecule has 25 heavy (non-hydrogen) atoms. The molecule has 142 valence electrons. The highest BCUT2D eigenvalue weighted by Crippen LogP contribution is 2.25. The van der Waals surface area contributed by atoms with Gasteiger partial charge in [0.1, 0.15) is 0 Å². The molecule has 2 N–H and O–H groups in total. The smallest absolute Gasteiger partial charge is 0.242 e. The fourth-order valence-electron chi connectivity index (χ4n) is 2.41. The topological polar surface area (TPSA) is 73.8 Å². The third-order valence-corrected chi connectivity index (χ3v) is 7.13. The van der Waals surface area contributed by atoms with Gasteiger partial charge in [-0.3, -0.25) is 4.99 Å². The third-order valence-electron chi connectivity index (χ3n) is 3.91. The Kier molecular flexibility index (Phi) is 9.54. The molecule has 2 rings (SSSR count). The van der Waals surface area contributed by atoms with E-state index in [4.69, 9.17) is 0 Å². The summed E-state index contributed by atoms with van der Waals surface area (Å²) in [6.07, 6.45) is 2.56. The maximum Gasteiger partial charge on any atom is 0.242 e. The molecule has 1 aliphatic heterocycles. The lowest BCUT2D eigenvalue weighted by Gasteiger charge is -2.15. The highest BCUT2D eigenvalue weighted by atomic mass is 127. The molecule has 6 nitrogen and oxygen atoms in total. The van der Waals surface area contributed by atoms with Crippen molar-refractivity contribution in [2.45, 2.75) is 29.5 Å². The minimum absolute atomic E-state index is 0. The van der Waals surface area contributed by atoms with Crippen LogP contribution in [0.5, 0.6) is 0 Å². The maximum atomic E-state index is 12.0. The molecular weight excluding hydrogens is 471 g/mol. The molecule has 1 fully saturated rings. The predicted octanol–water partition coefficient (Wildman–Crippen LogP) is 2.12. The summed E-state index contributed by atoms with van der Waals surface area (Å²) in [5.41, 5.74) is 1.01. The van der Waals surface area contributed by atoms with Crippen molar-refractivity contribution in [2.24, 2.45) is 4.99 Å². The number of thioether (sulfide) groups is 1. The molecule has 1 atom stereocenters. The first-order chi connectivity index (χ1) is 11.4. The van der Waals surface area contributed by atoms with E-state index in [9.17, 15) is 8.42 Å². The van der Waals surface area contributed by atoms with Gasteiger partial charge in [0, 0.05) is 39.5 Å². The number of sulfonamides is 1. The van der Waals surface area contributed by atoms with Gasteiger partial charge >= 0.3 is 0 Å². The molecule has 0 bridgehead atoms. The summed E-state index contributed by atoms with van der Waals surface area (Å²) in [4.78, 5) is 4.53. The van der Waals surface area contributed by atoms with Gasteiger partial charge in [-0.15, -0.1) is 24.0 Å². The quantitative estimate of drug-likeness (QED) is 0.357. The van der Waals surface area contributed by atoms with Crippen LogP contribution < -0.4 is 10.6 Å². The van der Waals surface area contributed by atoms with E-state index in [0.29, 0.717) is 16.7 Å². The van der Waals surface area contributed by atoms with Crippen molar-refractivity contribution < 1.29 is 8.42 Å². The Labute approximate surface area is 172 Å². The zero-order chi connectivity index (χ0) is 17.6. The van der Waals surface area contributed by atoms with Gasteiger partial charge in [-0.2, -0.15) is 11.8 Å². The number of nitrogens with one attached hydrogen (secondary N) is 2. The fraction of sp³-hybridized carbons (Fsp3) is 0.562. The molecule has 0 spiro atoms. The number of guanidine groups is 1. The molecule has 1 aromatic rings. The number of benzene rings is 1. The van der Waals surface area contributed by atoms with E-state index >= 15 is 0 Å². The van der Waals surface area contributed by atoms with Crippen molar-refractivity contribution in [3.05, 3.63) is 29.8 Å². The Morgan fingerprint density at radius 1 is 1.28 bits per heavy atom. The van der Waals surface area contributed by atoms with Crippen LogP contribution in [0.3, 0.4) is 0 Å². The predicted molar refractivity (Wildman–Crippen MR) is 116 cm³/mol. The number of nitrogens with zero attached hydrogens (tertiary/aromatic N) is 2. The molecule has 1 aliphatic rings. The summed E-state index contributed by atoms with van der Waals surface area (Å²) in [5, 5.41) is 7.27. The molecular formula is C16H27IN4O2S2. The number of aliphatic imine (C=N–C) groups is 1. The Morgan fingerprint density at radius 2 is 1.96 bits per heavy atom. The first-order valence-corrected chi connectivity index (χ1v) is 10.5. The molecule has 0 amide bonds. The van der Waals surface area contributed by atoms with Crippen LogP contribution in [0.4, 0.5) is 0 Å². The van der Waals surface area contributed by atoms with Crippen LogP contribution in [-0.4, -0.2) is 57.4 Å². The minimum Gasteiger partial charge on any atom is -0.355 e. The molecule has 0 radical (unpaired) electrons. The Balaban J connectivity index is 0.00000312. The molecule has 1 unspecified atom stereocenters. The van der Waals surface area contributed by atoms with E-state index in [1.165, 1.54) is 37.0 Å². The molecule has 0 aliphatic carbocycles. The first kappa shape index (κ1) is 22.5. The van der Waals surface area contributed by atoms with E-state index < -0.39 is 10.0 Å². The second-order valence-electron chi connectivity index (χ2n) is 5.87. The normalized spacial score (nSPS) is 18.1. The summed E-state index contributed by atoms with van der Waals surface area (Å²) >= 11 is 2.01. The monoisotopic (exact) mass is 498 g/mol. The molecule has 9 heteroatoms.